The zero-order valence-corrected chi connectivity index (χ0v) is 9.65. The van der Waals surface area contributed by atoms with Crippen LogP contribution in [-0.2, 0) is 15.6 Å². The largest absolute Gasteiger partial charge is 0.352 e. The SMILES string of the molecule is O=c1nc[nH]cc1CS(=O)(=O)c1ccccc1. The third kappa shape index (κ3) is 2.59. The van der Waals surface area contributed by atoms with Crippen LogP contribution in [0, 0.1) is 0 Å². The van der Waals surface area contributed by atoms with Crippen molar-refractivity contribution in [2.24, 2.45) is 0 Å². The summed E-state index contributed by atoms with van der Waals surface area (Å²) in [4.78, 5) is 17.6. The standard InChI is InChI=1S/C11H10N2O3S/c14-11-9(6-12-8-13-11)7-17(15,16)10-4-2-1-3-5-10/h1-6,8H,7H2,(H,12,13,14). The first-order chi connectivity index (χ1) is 8.09. The smallest absolute Gasteiger partial charge is 0.276 e. The first-order valence-electron chi connectivity index (χ1n) is 4.89. The zero-order valence-electron chi connectivity index (χ0n) is 8.83. The van der Waals surface area contributed by atoms with Crippen LogP contribution in [0.25, 0.3) is 0 Å². The van der Waals surface area contributed by atoms with Crippen LogP contribution < -0.4 is 5.56 Å². The van der Waals surface area contributed by atoms with E-state index in [1.54, 1.807) is 18.2 Å². The van der Waals surface area contributed by atoms with Gasteiger partial charge in [-0.05, 0) is 12.1 Å². The molecule has 6 heteroatoms. The number of nitrogens with one attached hydrogen (secondary N) is 1. The van der Waals surface area contributed by atoms with Gasteiger partial charge in [0.15, 0.2) is 9.84 Å². The molecular formula is C11H10N2O3S. The maximum atomic E-state index is 12.0. The van der Waals surface area contributed by atoms with Gasteiger partial charge in [-0.2, -0.15) is 4.98 Å². The van der Waals surface area contributed by atoms with Crippen LogP contribution in [0.4, 0.5) is 0 Å². The average Bonchev–Trinajstić information content (AvgIpc) is 2.33. The van der Waals surface area contributed by atoms with Gasteiger partial charge in [0.1, 0.15) is 0 Å². The van der Waals surface area contributed by atoms with Crippen molar-refractivity contribution in [2.75, 3.05) is 0 Å². The van der Waals surface area contributed by atoms with Gasteiger partial charge in [-0.1, -0.05) is 18.2 Å². The lowest BCUT2D eigenvalue weighted by atomic mass is 10.4. The maximum Gasteiger partial charge on any atom is 0.276 e. The minimum absolute atomic E-state index is 0.136. The van der Waals surface area contributed by atoms with E-state index in [0.29, 0.717) is 0 Å². The highest BCUT2D eigenvalue weighted by Gasteiger charge is 2.16. The predicted molar refractivity (Wildman–Crippen MR) is 62.2 cm³/mol. The Morgan fingerprint density at radius 1 is 1.18 bits per heavy atom. The van der Waals surface area contributed by atoms with Crippen molar-refractivity contribution in [3.8, 4) is 0 Å². The van der Waals surface area contributed by atoms with Crippen molar-refractivity contribution >= 4 is 9.84 Å². The molecule has 5 nitrogen and oxygen atoms in total. The summed E-state index contributed by atoms with van der Waals surface area (Å²) < 4.78 is 23.9. The molecule has 17 heavy (non-hydrogen) atoms. The second-order valence-electron chi connectivity index (χ2n) is 3.47. The van der Waals surface area contributed by atoms with Crippen molar-refractivity contribution < 1.29 is 8.42 Å². The van der Waals surface area contributed by atoms with Crippen molar-refractivity contribution in [1.82, 2.24) is 9.97 Å². The first kappa shape index (κ1) is 11.5. The van der Waals surface area contributed by atoms with Crippen molar-refractivity contribution in [2.45, 2.75) is 10.6 Å². The molecule has 2 aromatic rings. The average molecular weight is 250 g/mol. The van der Waals surface area contributed by atoms with E-state index in [1.165, 1.54) is 24.7 Å². The molecule has 1 aromatic heterocycles. The number of benzene rings is 1. The summed E-state index contributed by atoms with van der Waals surface area (Å²) >= 11 is 0. The fraction of sp³-hybridized carbons (Fsp3) is 0.0909. The lowest BCUT2D eigenvalue weighted by Crippen LogP contribution is -2.16. The van der Waals surface area contributed by atoms with Gasteiger partial charge in [0.25, 0.3) is 5.56 Å². The Balaban J connectivity index is 2.37. The third-order valence-electron chi connectivity index (χ3n) is 2.24. The van der Waals surface area contributed by atoms with Crippen molar-refractivity contribution in [3.63, 3.8) is 0 Å². The van der Waals surface area contributed by atoms with E-state index in [9.17, 15) is 13.2 Å². The minimum Gasteiger partial charge on any atom is -0.352 e. The van der Waals surface area contributed by atoms with E-state index in [2.05, 4.69) is 9.97 Å². The maximum absolute atomic E-state index is 12.0. The zero-order chi connectivity index (χ0) is 12.3. The molecular weight excluding hydrogens is 240 g/mol. The van der Waals surface area contributed by atoms with Gasteiger partial charge in [0.2, 0.25) is 0 Å². The molecule has 0 saturated carbocycles. The third-order valence-corrected chi connectivity index (χ3v) is 3.92. The highest BCUT2D eigenvalue weighted by Crippen LogP contribution is 2.13. The summed E-state index contributed by atoms with van der Waals surface area (Å²) in [6.07, 6.45) is 2.58. The van der Waals surface area contributed by atoms with E-state index >= 15 is 0 Å². The fourth-order valence-corrected chi connectivity index (χ4v) is 2.75. The van der Waals surface area contributed by atoms with E-state index in [1.807, 2.05) is 0 Å². The molecule has 0 saturated heterocycles. The highest BCUT2D eigenvalue weighted by atomic mass is 32.2. The summed E-state index contributed by atoms with van der Waals surface area (Å²) in [5, 5.41) is 0. The topological polar surface area (TPSA) is 79.9 Å². The molecule has 0 aliphatic heterocycles. The number of sulfone groups is 1. The van der Waals surface area contributed by atoms with Gasteiger partial charge < -0.3 is 4.98 Å². The number of aromatic nitrogens is 2. The van der Waals surface area contributed by atoms with Crippen LogP contribution in [0.2, 0.25) is 0 Å². The van der Waals surface area contributed by atoms with Crippen LogP contribution in [0.5, 0.6) is 0 Å². The predicted octanol–water partition coefficient (Wildman–Crippen LogP) is 0.744. The van der Waals surface area contributed by atoms with Crippen LogP contribution >= 0.6 is 0 Å². The van der Waals surface area contributed by atoms with Gasteiger partial charge in [-0.25, -0.2) is 8.42 Å². The number of H-pyrrole nitrogens is 1. The second-order valence-corrected chi connectivity index (χ2v) is 5.46. The monoisotopic (exact) mass is 250 g/mol. The van der Waals surface area contributed by atoms with Crippen LogP contribution in [-0.4, -0.2) is 18.4 Å². The van der Waals surface area contributed by atoms with Crippen molar-refractivity contribution in [3.05, 3.63) is 58.8 Å². The molecule has 1 N–H and O–H groups in total. The lowest BCUT2D eigenvalue weighted by Gasteiger charge is -2.02. The molecule has 2 rings (SSSR count). The molecule has 88 valence electrons. The summed E-state index contributed by atoms with van der Waals surface area (Å²) in [5.74, 6) is -0.347. The number of aromatic amines is 1. The Morgan fingerprint density at radius 2 is 1.88 bits per heavy atom. The van der Waals surface area contributed by atoms with E-state index in [4.69, 9.17) is 0 Å². The fourth-order valence-electron chi connectivity index (χ4n) is 1.40. The summed E-state index contributed by atoms with van der Waals surface area (Å²) in [5.41, 5.74) is -0.389. The van der Waals surface area contributed by atoms with Gasteiger partial charge >= 0.3 is 0 Å². The number of nitrogens with zero attached hydrogens (tertiary/aromatic N) is 1. The molecule has 1 heterocycles. The number of hydrogen-bond donors (Lipinski definition) is 1. The Morgan fingerprint density at radius 3 is 2.53 bits per heavy atom. The second kappa shape index (κ2) is 4.50. The first-order valence-corrected chi connectivity index (χ1v) is 6.54. The normalized spacial score (nSPS) is 11.3. The Bertz CT molecular complexity index is 662. The highest BCUT2D eigenvalue weighted by molar-refractivity contribution is 7.90. The number of rotatable bonds is 3. The Hall–Kier alpha value is -1.95. The summed E-state index contributed by atoms with van der Waals surface area (Å²) in [6.45, 7) is 0. The van der Waals surface area contributed by atoms with E-state index < -0.39 is 15.4 Å². The van der Waals surface area contributed by atoms with Gasteiger partial charge in [0, 0.05) is 6.20 Å². The Kier molecular flexibility index (Phi) is 3.06. The molecule has 0 bridgehead atoms. The van der Waals surface area contributed by atoms with Crippen LogP contribution in [0.3, 0.4) is 0 Å². The minimum atomic E-state index is -3.50. The van der Waals surface area contributed by atoms with E-state index in [-0.39, 0.29) is 16.2 Å². The van der Waals surface area contributed by atoms with Crippen LogP contribution in [0.15, 0.2) is 52.5 Å². The molecule has 0 unspecified atom stereocenters. The molecule has 0 aliphatic rings. The van der Waals surface area contributed by atoms with Gasteiger partial charge in [-0.3, -0.25) is 4.79 Å². The van der Waals surface area contributed by atoms with Gasteiger partial charge in [-0.15, -0.1) is 0 Å². The molecule has 0 amide bonds. The molecule has 1 aromatic carbocycles. The lowest BCUT2D eigenvalue weighted by molar-refractivity contribution is 0.595. The molecule has 0 spiro atoms. The van der Waals surface area contributed by atoms with E-state index in [0.717, 1.165) is 0 Å². The van der Waals surface area contributed by atoms with Crippen molar-refractivity contribution in [1.29, 1.82) is 0 Å². The summed E-state index contributed by atoms with van der Waals surface area (Å²) in [7, 11) is -3.50. The molecule has 0 aliphatic carbocycles. The quantitative estimate of drug-likeness (QED) is 0.871. The molecule has 0 atom stereocenters. The summed E-state index contributed by atoms with van der Waals surface area (Å²) in [6, 6.07) is 8.01. The molecule has 0 radical (unpaired) electrons. The number of hydrogen-bond acceptors (Lipinski definition) is 4. The molecule has 0 fully saturated rings. The van der Waals surface area contributed by atoms with Gasteiger partial charge in [0.05, 0.1) is 22.5 Å². The Labute approximate surface area is 98.1 Å². The van der Waals surface area contributed by atoms with Crippen LogP contribution in [0.1, 0.15) is 5.56 Å².